The van der Waals surface area contributed by atoms with Gasteiger partial charge in [0.2, 0.25) is 65.0 Å². The largest absolute Gasteiger partial charge is 0.467 e. The first-order valence-electron chi connectivity index (χ1n) is 27.2. The molecule has 0 spiro atoms. The second-order valence-electron chi connectivity index (χ2n) is 20.7. The minimum atomic E-state index is -1.69. The van der Waals surface area contributed by atoms with Crippen LogP contribution in [0.1, 0.15) is 127 Å². The number of amides is 11. The number of aliphatic hydroxyl groups excluding tert-OH is 4. The van der Waals surface area contributed by atoms with Crippen molar-refractivity contribution in [3.63, 3.8) is 0 Å². The molecular weight excluding hydrogens is 1050 g/mol. The molecule has 0 bridgehead atoms. The lowest BCUT2D eigenvalue weighted by Crippen LogP contribution is -2.62. The van der Waals surface area contributed by atoms with Gasteiger partial charge in [-0.25, -0.2) is 4.79 Å². The Hall–Kier alpha value is -6.78. The number of hydrogen-bond donors (Lipinski definition) is 14. The van der Waals surface area contributed by atoms with E-state index < -0.39 is 157 Å². The van der Waals surface area contributed by atoms with Gasteiger partial charge < -0.3 is 83.2 Å². The number of hydrogen-bond acceptors (Lipinski definition) is 17. The normalized spacial score (nSPS) is 16.9. The van der Waals surface area contributed by atoms with Crippen LogP contribution in [-0.2, 0) is 62.3 Å². The van der Waals surface area contributed by atoms with Gasteiger partial charge in [0.1, 0.15) is 48.3 Å². The molecule has 1 fully saturated rings. The number of unbranched alkanes of at least 4 members (excludes halogenated alkanes) is 4. The molecule has 1 saturated heterocycles. The van der Waals surface area contributed by atoms with E-state index in [4.69, 9.17) is 0 Å². The van der Waals surface area contributed by atoms with E-state index in [1.165, 1.54) is 40.7 Å². The zero-order valence-electron chi connectivity index (χ0n) is 47.8. The second kappa shape index (κ2) is 37.2. The summed E-state index contributed by atoms with van der Waals surface area (Å²) in [7, 11) is 1.06. The molecule has 28 nitrogen and oxygen atoms in total. The molecule has 0 radical (unpaired) electrons. The van der Waals surface area contributed by atoms with Crippen molar-refractivity contribution in [3.05, 3.63) is 12.2 Å². The summed E-state index contributed by atoms with van der Waals surface area (Å²) in [6.07, 6.45) is 5.91. The van der Waals surface area contributed by atoms with Crippen LogP contribution in [-0.4, -0.2) is 203 Å². The van der Waals surface area contributed by atoms with Crippen molar-refractivity contribution >= 4 is 70.9 Å². The van der Waals surface area contributed by atoms with Gasteiger partial charge in [0.25, 0.3) is 0 Å². The number of nitrogens with zero attached hydrogens (tertiary/aromatic N) is 1. The van der Waals surface area contributed by atoms with Crippen molar-refractivity contribution in [3.8, 4) is 0 Å². The third-order valence-corrected chi connectivity index (χ3v) is 12.6. The van der Waals surface area contributed by atoms with E-state index >= 15 is 0 Å². The Balaban J connectivity index is 2.98. The molecule has 1 heterocycles. The predicted octanol–water partition coefficient (Wildman–Crippen LogP) is -3.94. The first-order chi connectivity index (χ1) is 37.6. The molecule has 80 heavy (non-hydrogen) atoms. The quantitative estimate of drug-likeness (QED) is 0.0162. The standard InChI is InChI=1S/C52H89N11O17/c1-28(2)18-15-13-11-12-14-16-20-40(69)58-37(26-64)48(75)61-42(32(7)66)50(77)56-31(6)45(72)62-43(33(8)67)51(78)63-23-17-19-39(63)49(76)54-25-41(70)57-35(21-22-53-34(9)68)46(73)55-30(5)44(71)59-36(24-29(3)4)47(74)60-38(27-65)52(79)80-10/h16,20,28-33,35-39,42-43,64-67H,11-15,17-19,21-27H2,1-10H3,(H,53,68)(H,54,76)(H,55,73)(H,56,77)(H,57,70)(H,58,69)(H,59,71)(H,60,74)(H,61,75)(H,62,72)/b20-16+/t30-,31-,32-,33-,35+,36+,37-,38+,39+,42+,43+/m1/s1. The number of ether oxygens (including phenoxy) is 1. The molecule has 0 saturated carbocycles. The molecule has 1 aliphatic rings. The summed E-state index contributed by atoms with van der Waals surface area (Å²) >= 11 is 0. The molecule has 14 N–H and O–H groups in total. The van der Waals surface area contributed by atoms with Gasteiger partial charge in [-0.1, -0.05) is 59.5 Å². The number of carbonyl (C=O) groups excluding carboxylic acids is 12. The number of rotatable bonds is 36. The molecule has 1 aliphatic heterocycles. The van der Waals surface area contributed by atoms with Crippen LogP contribution in [0.2, 0.25) is 0 Å². The lowest BCUT2D eigenvalue weighted by molar-refractivity contribution is -0.146. The van der Waals surface area contributed by atoms with E-state index in [0.717, 1.165) is 44.1 Å². The first-order valence-corrected chi connectivity index (χ1v) is 27.2. The van der Waals surface area contributed by atoms with E-state index in [-0.39, 0.29) is 38.3 Å². The molecule has 0 unspecified atom stereocenters. The highest BCUT2D eigenvalue weighted by atomic mass is 16.5. The minimum Gasteiger partial charge on any atom is -0.467 e. The van der Waals surface area contributed by atoms with Crippen LogP contribution >= 0.6 is 0 Å². The SMILES string of the molecule is COC(=O)[C@H](CO)NC(=O)[C@H](CC(C)C)NC(=O)[C@@H](C)NC(=O)[C@H](CCNC(C)=O)NC(=O)CNC(=O)[C@@H]1CCCN1C(=O)[C@@H](NC(=O)[C@@H](C)NC(=O)[C@@H](NC(=O)[C@@H](CO)NC(=O)/C=C/CCCCCCC(C)C)[C@@H](C)O)[C@@H](C)O. The summed E-state index contributed by atoms with van der Waals surface area (Å²) in [6, 6.07) is -12.8. The highest BCUT2D eigenvalue weighted by Crippen LogP contribution is 2.20. The lowest BCUT2D eigenvalue weighted by atomic mass is 10.0. The van der Waals surface area contributed by atoms with Gasteiger partial charge in [0.05, 0.1) is 39.1 Å². The van der Waals surface area contributed by atoms with Crippen molar-refractivity contribution in [2.75, 3.05) is 40.0 Å². The van der Waals surface area contributed by atoms with E-state index in [2.05, 4.69) is 71.8 Å². The highest BCUT2D eigenvalue weighted by Gasteiger charge is 2.41. The summed E-state index contributed by atoms with van der Waals surface area (Å²) in [6.45, 7) is 11.5. The van der Waals surface area contributed by atoms with E-state index in [1.54, 1.807) is 19.9 Å². The van der Waals surface area contributed by atoms with Gasteiger partial charge in [-0.05, 0) is 84.1 Å². The Bertz CT molecular complexity index is 2120. The molecule has 0 aromatic carbocycles. The predicted molar refractivity (Wildman–Crippen MR) is 289 cm³/mol. The van der Waals surface area contributed by atoms with E-state index in [1.807, 2.05) is 0 Å². The van der Waals surface area contributed by atoms with E-state index in [0.29, 0.717) is 18.8 Å². The number of allylic oxidation sites excluding steroid dienone is 1. The molecule has 0 aliphatic carbocycles. The van der Waals surface area contributed by atoms with Crippen LogP contribution < -0.4 is 53.2 Å². The van der Waals surface area contributed by atoms with Crippen LogP contribution in [0.4, 0.5) is 0 Å². The number of esters is 1. The lowest BCUT2D eigenvalue weighted by Gasteiger charge is -2.31. The Labute approximate surface area is 467 Å². The van der Waals surface area contributed by atoms with Crippen LogP contribution in [0.5, 0.6) is 0 Å². The summed E-state index contributed by atoms with van der Waals surface area (Å²) in [5.41, 5.74) is 0. The summed E-state index contributed by atoms with van der Waals surface area (Å²) in [5, 5.41) is 64.4. The van der Waals surface area contributed by atoms with Crippen molar-refractivity contribution < 1.29 is 82.7 Å². The third-order valence-electron chi connectivity index (χ3n) is 12.6. The maximum atomic E-state index is 13.9. The topological polar surface area (TPSA) is 419 Å². The number of carbonyl (C=O) groups is 12. The summed E-state index contributed by atoms with van der Waals surface area (Å²) < 4.78 is 4.57. The fraction of sp³-hybridized carbons (Fsp3) is 0.731. The highest BCUT2D eigenvalue weighted by molar-refractivity contribution is 5.99. The monoisotopic (exact) mass is 1140 g/mol. The molecule has 0 aromatic heterocycles. The fourth-order valence-electron chi connectivity index (χ4n) is 8.11. The van der Waals surface area contributed by atoms with Gasteiger partial charge in [-0.3, -0.25) is 52.7 Å². The maximum Gasteiger partial charge on any atom is 0.330 e. The van der Waals surface area contributed by atoms with Crippen LogP contribution in [0.15, 0.2) is 12.2 Å². The zero-order valence-corrected chi connectivity index (χ0v) is 47.8. The third kappa shape index (κ3) is 26.5. The van der Waals surface area contributed by atoms with Crippen molar-refractivity contribution in [1.29, 1.82) is 0 Å². The fourth-order valence-corrected chi connectivity index (χ4v) is 8.11. The van der Waals surface area contributed by atoms with Crippen molar-refractivity contribution in [2.45, 2.75) is 193 Å². The molecule has 454 valence electrons. The molecule has 11 amide bonds. The van der Waals surface area contributed by atoms with Crippen LogP contribution in [0.3, 0.4) is 0 Å². The molecule has 1 rings (SSSR count). The molecule has 28 heteroatoms. The minimum absolute atomic E-state index is 0.00870. The average Bonchev–Trinajstić information content (AvgIpc) is 3.90. The number of aliphatic hydroxyl groups is 4. The Morgan fingerprint density at radius 1 is 0.588 bits per heavy atom. The number of nitrogens with one attached hydrogen (secondary N) is 10. The summed E-state index contributed by atoms with van der Waals surface area (Å²) in [5.74, 6) is -9.75. The van der Waals surface area contributed by atoms with Gasteiger partial charge in [-0.2, -0.15) is 0 Å². The molecule has 11 atom stereocenters. The van der Waals surface area contributed by atoms with Crippen molar-refractivity contribution in [1.82, 2.24) is 58.1 Å². The number of likely N-dealkylation sites (tertiary alicyclic amines) is 1. The smallest absolute Gasteiger partial charge is 0.330 e. The van der Waals surface area contributed by atoms with Gasteiger partial charge >= 0.3 is 5.97 Å². The Morgan fingerprint density at radius 3 is 1.70 bits per heavy atom. The summed E-state index contributed by atoms with van der Waals surface area (Å²) in [4.78, 5) is 157. The van der Waals surface area contributed by atoms with Gasteiger partial charge in [0.15, 0.2) is 6.04 Å². The first kappa shape index (κ1) is 71.2. The van der Waals surface area contributed by atoms with Gasteiger partial charge in [0, 0.05) is 20.0 Å². The van der Waals surface area contributed by atoms with Crippen LogP contribution in [0, 0.1) is 11.8 Å². The maximum absolute atomic E-state index is 13.9. The molecular formula is C52H89N11O17. The van der Waals surface area contributed by atoms with E-state index in [9.17, 15) is 78.0 Å². The van der Waals surface area contributed by atoms with Gasteiger partial charge in [-0.15, -0.1) is 0 Å². The molecule has 0 aromatic rings. The van der Waals surface area contributed by atoms with Crippen LogP contribution in [0.25, 0.3) is 0 Å². The number of methoxy groups -OCH3 is 1. The Morgan fingerprint density at radius 2 is 1.14 bits per heavy atom. The zero-order chi connectivity index (χ0) is 60.8. The average molecular weight is 1140 g/mol. The second-order valence-corrected chi connectivity index (χ2v) is 20.7. The van der Waals surface area contributed by atoms with Crippen molar-refractivity contribution in [2.24, 2.45) is 11.8 Å². The Kier molecular flexibility index (Phi) is 33.1.